The summed E-state index contributed by atoms with van der Waals surface area (Å²) < 4.78 is 19.1. The number of carboxylic acid groups (broad SMARTS) is 1. The Labute approximate surface area is 168 Å². The number of nitrogens with zero attached hydrogens (tertiary/aromatic N) is 2. The van der Waals surface area contributed by atoms with Crippen LogP contribution in [0.15, 0.2) is 59.0 Å². The molecular formula is C21H14FN3O5. The van der Waals surface area contributed by atoms with Gasteiger partial charge in [0.25, 0.3) is 5.91 Å². The fourth-order valence-electron chi connectivity index (χ4n) is 2.88. The van der Waals surface area contributed by atoms with Crippen LogP contribution in [-0.2, 0) is 4.79 Å². The molecule has 0 saturated heterocycles. The number of hydrogen-bond acceptors (Lipinski definition) is 6. The maximum Gasteiger partial charge on any atom is 0.322 e. The highest BCUT2D eigenvalue weighted by molar-refractivity contribution is 6.04. The number of oxazole rings is 1. The molecule has 0 aliphatic heterocycles. The summed E-state index contributed by atoms with van der Waals surface area (Å²) in [5.74, 6) is -3.01. The zero-order valence-electron chi connectivity index (χ0n) is 15.3. The van der Waals surface area contributed by atoms with E-state index in [-0.39, 0.29) is 22.7 Å². The van der Waals surface area contributed by atoms with E-state index in [1.165, 1.54) is 24.3 Å². The third kappa shape index (κ3) is 3.55. The van der Waals surface area contributed by atoms with Crippen LogP contribution in [0.5, 0.6) is 5.75 Å². The average molecular weight is 407 g/mol. The lowest BCUT2D eigenvalue weighted by molar-refractivity contribution is -0.135. The summed E-state index contributed by atoms with van der Waals surface area (Å²) >= 11 is 0. The number of carbonyl (C=O) groups excluding carboxylic acids is 1. The van der Waals surface area contributed by atoms with E-state index in [4.69, 9.17) is 9.52 Å². The van der Waals surface area contributed by atoms with Crippen molar-refractivity contribution in [1.82, 2.24) is 15.3 Å². The van der Waals surface area contributed by atoms with Crippen molar-refractivity contribution in [2.75, 3.05) is 6.54 Å². The summed E-state index contributed by atoms with van der Waals surface area (Å²) in [4.78, 5) is 31.8. The number of aliphatic carboxylic acids is 1. The standard InChI is InChI=1S/C21H14FN3O5/c22-13-8-6-11(7-9-13)15-16-19(30-21(25-16)12-4-2-1-3-5-12)18(28)17(24-15)20(29)23-10-14(26)27/h1-9,28H,10H2,(H,23,29)(H,26,27). The van der Waals surface area contributed by atoms with Crippen LogP contribution < -0.4 is 5.32 Å². The molecule has 4 rings (SSSR count). The van der Waals surface area contributed by atoms with Gasteiger partial charge in [0.05, 0.1) is 0 Å². The van der Waals surface area contributed by atoms with E-state index in [0.29, 0.717) is 11.1 Å². The van der Waals surface area contributed by atoms with Crippen LogP contribution in [0, 0.1) is 5.82 Å². The van der Waals surface area contributed by atoms with Gasteiger partial charge in [-0.2, -0.15) is 0 Å². The van der Waals surface area contributed by atoms with E-state index >= 15 is 0 Å². The molecule has 4 aromatic rings. The highest BCUT2D eigenvalue weighted by atomic mass is 19.1. The van der Waals surface area contributed by atoms with E-state index in [9.17, 15) is 19.1 Å². The number of halogens is 1. The SMILES string of the molecule is O=C(O)CNC(=O)c1nc(-c2ccc(F)cc2)c2nc(-c3ccccc3)oc2c1O. The topological polar surface area (TPSA) is 126 Å². The molecule has 0 atom stereocenters. The molecule has 150 valence electrons. The molecule has 1 amide bonds. The number of hydrogen-bond donors (Lipinski definition) is 3. The number of aromatic hydroxyl groups is 1. The normalized spacial score (nSPS) is 10.8. The quantitative estimate of drug-likeness (QED) is 0.464. The fraction of sp³-hybridized carbons (Fsp3) is 0.0476. The molecule has 0 radical (unpaired) electrons. The van der Waals surface area contributed by atoms with E-state index in [0.717, 1.165) is 0 Å². The molecule has 2 aromatic carbocycles. The van der Waals surface area contributed by atoms with Gasteiger partial charge in [-0.1, -0.05) is 18.2 Å². The maximum atomic E-state index is 13.4. The number of pyridine rings is 1. The summed E-state index contributed by atoms with van der Waals surface area (Å²) in [5.41, 5.74) is 0.890. The fourth-order valence-corrected chi connectivity index (χ4v) is 2.88. The number of carboxylic acids is 1. The number of aromatic nitrogens is 2. The summed E-state index contributed by atoms with van der Waals surface area (Å²) in [6.45, 7) is -0.657. The Morgan fingerprint density at radius 1 is 1.00 bits per heavy atom. The van der Waals surface area contributed by atoms with Crippen molar-refractivity contribution >= 4 is 23.0 Å². The average Bonchev–Trinajstić information content (AvgIpc) is 3.20. The largest absolute Gasteiger partial charge is 0.503 e. The number of benzene rings is 2. The monoisotopic (exact) mass is 407 g/mol. The highest BCUT2D eigenvalue weighted by Crippen LogP contribution is 2.37. The minimum Gasteiger partial charge on any atom is -0.503 e. The molecule has 8 nitrogen and oxygen atoms in total. The lowest BCUT2D eigenvalue weighted by Gasteiger charge is -2.08. The second kappa shape index (κ2) is 7.63. The van der Waals surface area contributed by atoms with Crippen LogP contribution in [-0.4, -0.2) is 38.6 Å². The van der Waals surface area contributed by atoms with Crippen LogP contribution in [0.1, 0.15) is 10.5 Å². The van der Waals surface area contributed by atoms with Crippen LogP contribution in [0.3, 0.4) is 0 Å². The molecule has 3 N–H and O–H groups in total. The van der Waals surface area contributed by atoms with Crippen molar-refractivity contribution in [2.24, 2.45) is 0 Å². The minimum absolute atomic E-state index is 0.0938. The molecule has 0 aliphatic carbocycles. The predicted molar refractivity (Wildman–Crippen MR) is 104 cm³/mol. The molecule has 0 aliphatic rings. The van der Waals surface area contributed by atoms with E-state index < -0.39 is 35.7 Å². The lowest BCUT2D eigenvalue weighted by atomic mass is 10.1. The smallest absolute Gasteiger partial charge is 0.322 e. The number of carbonyl (C=O) groups is 2. The molecule has 9 heteroatoms. The van der Waals surface area contributed by atoms with Gasteiger partial charge >= 0.3 is 5.97 Å². The van der Waals surface area contributed by atoms with Crippen molar-refractivity contribution in [3.63, 3.8) is 0 Å². The first-order chi connectivity index (χ1) is 14.4. The van der Waals surface area contributed by atoms with Gasteiger partial charge in [-0.3, -0.25) is 9.59 Å². The first-order valence-electron chi connectivity index (χ1n) is 8.79. The van der Waals surface area contributed by atoms with Gasteiger partial charge in [-0.05, 0) is 36.4 Å². The second-order valence-corrected chi connectivity index (χ2v) is 6.30. The van der Waals surface area contributed by atoms with Crippen molar-refractivity contribution in [3.8, 4) is 28.5 Å². The summed E-state index contributed by atoms with van der Waals surface area (Å²) in [5, 5.41) is 21.5. The van der Waals surface area contributed by atoms with E-state index in [2.05, 4.69) is 15.3 Å². The molecule has 2 heterocycles. The van der Waals surface area contributed by atoms with E-state index in [1.807, 2.05) is 6.07 Å². The van der Waals surface area contributed by atoms with E-state index in [1.54, 1.807) is 24.3 Å². The number of fused-ring (bicyclic) bond motifs is 1. The van der Waals surface area contributed by atoms with Crippen molar-refractivity contribution < 1.29 is 28.6 Å². The van der Waals surface area contributed by atoms with Gasteiger partial charge in [0, 0.05) is 11.1 Å². The number of amides is 1. The molecule has 0 saturated carbocycles. The molecule has 30 heavy (non-hydrogen) atoms. The number of rotatable bonds is 5. The third-order valence-electron chi connectivity index (χ3n) is 4.27. The Bertz CT molecular complexity index is 1250. The number of nitrogens with one attached hydrogen (secondary N) is 1. The van der Waals surface area contributed by atoms with Gasteiger partial charge in [-0.15, -0.1) is 0 Å². The van der Waals surface area contributed by atoms with Gasteiger partial charge in [0.15, 0.2) is 11.4 Å². The van der Waals surface area contributed by atoms with Gasteiger partial charge < -0.3 is 19.9 Å². The minimum atomic E-state index is -1.26. The van der Waals surface area contributed by atoms with Gasteiger partial charge in [-0.25, -0.2) is 14.4 Å². The molecule has 0 unspecified atom stereocenters. The Morgan fingerprint density at radius 3 is 2.37 bits per heavy atom. The predicted octanol–water partition coefficient (Wildman–Crippen LogP) is 3.22. The van der Waals surface area contributed by atoms with Crippen LogP contribution >= 0.6 is 0 Å². The van der Waals surface area contributed by atoms with Gasteiger partial charge in [0.1, 0.15) is 23.6 Å². The van der Waals surface area contributed by atoms with Crippen molar-refractivity contribution in [1.29, 1.82) is 0 Å². The maximum absolute atomic E-state index is 13.4. The Balaban J connectivity index is 1.93. The Morgan fingerprint density at radius 2 is 1.70 bits per heavy atom. The Kier molecular flexibility index (Phi) is 4.85. The van der Waals surface area contributed by atoms with Gasteiger partial charge in [0.2, 0.25) is 11.5 Å². The molecule has 2 aromatic heterocycles. The molecule has 0 spiro atoms. The van der Waals surface area contributed by atoms with Crippen LogP contribution in [0.4, 0.5) is 4.39 Å². The van der Waals surface area contributed by atoms with Crippen LogP contribution in [0.2, 0.25) is 0 Å². The zero-order valence-corrected chi connectivity index (χ0v) is 15.3. The Hall–Kier alpha value is -4.27. The first kappa shape index (κ1) is 19.1. The second-order valence-electron chi connectivity index (χ2n) is 6.30. The molecular weight excluding hydrogens is 393 g/mol. The first-order valence-corrected chi connectivity index (χ1v) is 8.79. The van der Waals surface area contributed by atoms with Crippen molar-refractivity contribution in [2.45, 2.75) is 0 Å². The van der Waals surface area contributed by atoms with Crippen LogP contribution in [0.25, 0.3) is 33.8 Å². The summed E-state index contributed by atoms with van der Waals surface area (Å²) in [7, 11) is 0. The summed E-state index contributed by atoms with van der Waals surface area (Å²) in [6, 6.07) is 14.2. The summed E-state index contributed by atoms with van der Waals surface area (Å²) in [6.07, 6.45) is 0. The highest BCUT2D eigenvalue weighted by Gasteiger charge is 2.25. The third-order valence-corrected chi connectivity index (χ3v) is 4.27. The van der Waals surface area contributed by atoms with Crippen molar-refractivity contribution in [3.05, 3.63) is 66.1 Å². The lowest BCUT2D eigenvalue weighted by Crippen LogP contribution is -2.30. The molecule has 0 bridgehead atoms. The molecule has 0 fully saturated rings. The zero-order chi connectivity index (χ0) is 21.3.